The summed E-state index contributed by atoms with van der Waals surface area (Å²) in [4.78, 5) is 2.56. The summed E-state index contributed by atoms with van der Waals surface area (Å²) in [5, 5.41) is 13.1. The molecule has 0 aliphatic carbocycles. The van der Waals surface area contributed by atoms with E-state index in [-0.39, 0.29) is 5.41 Å². The number of nitrogens with zero attached hydrogens (tertiary/aromatic N) is 1. The summed E-state index contributed by atoms with van der Waals surface area (Å²) in [6, 6.07) is 0.713. The van der Waals surface area contributed by atoms with E-state index < -0.39 is 0 Å². The molecule has 3 heteroatoms. The molecular weight excluding hydrogens is 212 g/mol. The van der Waals surface area contributed by atoms with Gasteiger partial charge in [-0.1, -0.05) is 20.8 Å². The summed E-state index contributed by atoms with van der Waals surface area (Å²) in [5.74, 6) is 0. The van der Waals surface area contributed by atoms with Gasteiger partial charge in [0, 0.05) is 31.2 Å². The fraction of sp³-hybridized carbons (Fsp3) is 1.00. The van der Waals surface area contributed by atoms with Crippen LogP contribution in [0.4, 0.5) is 0 Å². The second-order valence-corrected chi connectivity index (χ2v) is 5.42. The number of likely N-dealkylation sites (N-methyl/N-ethyl adjacent to an activating group) is 1. The Kier molecular flexibility index (Phi) is 6.45. The molecule has 0 amide bonds. The number of likely N-dealkylation sites (tertiary alicyclic amines) is 1. The van der Waals surface area contributed by atoms with E-state index >= 15 is 0 Å². The van der Waals surface area contributed by atoms with E-state index in [0.717, 1.165) is 25.9 Å². The van der Waals surface area contributed by atoms with Crippen LogP contribution in [0.25, 0.3) is 0 Å². The summed E-state index contributed by atoms with van der Waals surface area (Å²) < 4.78 is 0. The number of aliphatic hydroxyl groups is 1. The van der Waals surface area contributed by atoms with E-state index in [9.17, 15) is 5.11 Å². The van der Waals surface area contributed by atoms with E-state index in [2.05, 4.69) is 31.0 Å². The zero-order chi connectivity index (χ0) is 12.7. The average molecular weight is 242 g/mol. The molecule has 0 spiro atoms. The minimum absolute atomic E-state index is 0.0929. The quantitative estimate of drug-likeness (QED) is 0.682. The van der Waals surface area contributed by atoms with Crippen LogP contribution in [-0.4, -0.2) is 48.8 Å². The Morgan fingerprint density at radius 1 is 1.29 bits per heavy atom. The van der Waals surface area contributed by atoms with E-state index in [4.69, 9.17) is 0 Å². The molecule has 0 saturated carbocycles. The fourth-order valence-electron chi connectivity index (χ4n) is 2.83. The Morgan fingerprint density at radius 2 is 2.00 bits per heavy atom. The zero-order valence-corrected chi connectivity index (χ0v) is 11.8. The molecule has 0 aromatic carbocycles. The summed E-state index contributed by atoms with van der Waals surface area (Å²) in [6.07, 6.45) is 4.77. The lowest BCUT2D eigenvalue weighted by molar-refractivity contribution is 0.110. The van der Waals surface area contributed by atoms with Crippen LogP contribution in [0.15, 0.2) is 0 Å². The highest BCUT2D eigenvalue weighted by Crippen LogP contribution is 2.24. The maximum absolute atomic E-state index is 9.52. The van der Waals surface area contributed by atoms with Gasteiger partial charge in [-0.15, -0.1) is 0 Å². The van der Waals surface area contributed by atoms with Crippen LogP contribution in [0.1, 0.15) is 46.5 Å². The van der Waals surface area contributed by atoms with Crippen molar-refractivity contribution < 1.29 is 5.11 Å². The third-order valence-electron chi connectivity index (χ3n) is 4.62. The van der Waals surface area contributed by atoms with Gasteiger partial charge < -0.3 is 10.4 Å². The van der Waals surface area contributed by atoms with Crippen molar-refractivity contribution in [2.75, 3.05) is 32.8 Å². The number of hydrogen-bond donors (Lipinski definition) is 2. The fourth-order valence-corrected chi connectivity index (χ4v) is 2.83. The average Bonchev–Trinajstić information content (AvgIpc) is 2.83. The van der Waals surface area contributed by atoms with Crippen LogP contribution in [0.2, 0.25) is 0 Å². The van der Waals surface area contributed by atoms with Crippen molar-refractivity contribution >= 4 is 0 Å². The Balaban J connectivity index is 2.30. The topological polar surface area (TPSA) is 35.5 Å². The Morgan fingerprint density at radius 3 is 2.53 bits per heavy atom. The summed E-state index contributed by atoms with van der Waals surface area (Å²) in [6.45, 7) is 11.4. The molecule has 1 saturated heterocycles. The first-order valence-corrected chi connectivity index (χ1v) is 7.27. The van der Waals surface area contributed by atoms with Crippen LogP contribution in [0.3, 0.4) is 0 Å². The van der Waals surface area contributed by atoms with Gasteiger partial charge in [0.1, 0.15) is 0 Å². The van der Waals surface area contributed by atoms with Crippen molar-refractivity contribution in [3.05, 3.63) is 0 Å². The molecule has 1 fully saturated rings. The molecule has 1 aliphatic heterocycles. The Bertz CT molecular complexity index is 196. The van der Waals surface area contributed by atoms with Gasteiger partial charge in [-0.3, -0.25) is 4.90 Å². The molecule has 0 aromatic heterocycles. The Labute approximate surface area is 107 Å². The molecule has 102 valence electrons. The van der Waals surface area contributed by atoms with Crippen LogP contribution in [0, 0.1) is 5.41 Å². The van der Waals surface area contributed by atoms with Crippen molar-refractivity contribution in [3.63, 3.8) is 0 Å². The smallest absolute Gasteiger partial charge is 0.0499 e. The molecule has 2 N–H and O–H groups in total. The zero-order valence-electron chi connectivity index (χ0n) is 11.8. The lowest BCUT2D eigenvalue weighted by Gasteiger charge is -2.31. The molecule has 0 radical (unpaired) electrons. The molecule has 17 heavy (non-hydrogen) atoms. The summed E-state index contributed by atoms with van der Waals surface area (Å²) >= 11 is 0. The molecule has 1 unspecified atom stereocenters. The van der Waals surface area contributed by atoms with Crippen LogP contribution in [0.5, 0.6) is 0 Å². The molecule has 1 atom stereocenters. The highest BCUT2D eigenvalue weighted by Gasteiger charge is 2.27. The van der Waals surface area contributed by atoms with Gasteiger partial charge in [-0.25, -0.2) is 0 Å². The first-order valence-electron chi connectivity index (χ1n) is 7.27. The van der Waals surface area contributed by atoms with Crippen molar-refractivity contribution in [2.24, 2.45) is 5.41 Å². The number of rotatable bonds is 8. The molecule has 0 bridgehead atoms. The number of nitrogens with one attached hydrogen (secondary N) is 1. The maximum Gasteiger partial charge on any atom is 0.0499 e. The SMILES string of the molecule is CCN1CCCC1CNCC(CC)(CC)CO. The molecule has 1 heterocycles. The molecule has 1 rings (SSSR count). The number of aliphatic hydroxyl groups excluding tert-OH is 1. The van der Waals surface area contributed by atoms with E-state index in [1.165, 1.54) is 25.9 Å². The molecule has 3 nitrogen and oxygen atoms in total. The normalized spacial score (nSPS) is 22.2. The minimum atomic E-state index is 0.0929. The van der Waals surface area contributed by atoms with Crippen LogP contribution < -0.4 is 5.32 Å². The lowest BCUT2D eigenvalue weighted by atomic mass is 9.83. The molecule has 0 aromatic rings. The first kappa shape index (κ1) is 14.9. The maximum atomic E-state index is 9.52. The standard InChI is InChI=1S/C14H30N2O/c1-4-14(5-2,12-17)11-15-10-13-8-7-9-16(13)6-3/h13,15,17H,4-12H2,1-3H3. The van der Waals surface area contributed by atoms with E-state index in [0.29, 0.717) is 12.6 Å². The van der Waals surface area contributed by atoms with Gasteiger partial charge in [0.2, 0.25) is 0 Å². The first-order chi connectivity index (χ1) is 8.21. The molecular formula is C14H30N2O. The highest BCUT2D eigenvalue weighted by atomic mass is 16.3. The van der Waals surface area contributed by atoms with Crippen molar-refractivity contribution in [3.8, 4) is 0 Å². The second kappa shape index (κ2) is 7.34. The number of hydrogen-bond acceptors (Lipinski definition) is 3. The van der Waals surface area contributed by atoms with Gasteiger partial charge in [-0.05, 0) is 38.8 Å². The molecule has 1 aliphatic rings. The van der Waals surface area contributed by atoms with E-state index in [1.54, 1.807) is 0 Å². The minimum Gasteiger partial charge on any atom is -0.396 e. The Hall–Kier alpha value is -0.120. The van der Waals surface area contributed by atoms with Gasteiger partial charge >= 0.3 is 0 Å². The highest BCUT2D eigenvalue weighted by molar-refractivity contribution is 4.83. The predicted molar refractivity (Wildman–Crippen MR) is 73.2 cm³/mol. The van der Waals surface area contributed by atoms with Gasteiger partial charge in [-0.2, -0.15) is 0 Å². The summed E-state index contributed by atoms with van der Waals surface area (Å²) in [7, 11) is 0. The van der Waals surface area contributed by atoms with Gasteiger partial charge in [0.15, 0.2) is 0 Å². The largest absolute Gasteiger partial charge is 0.396 e. The monoisotopic (exact) mass is 242 g/mol. The van der Waals surface area contributed by atoms with Crippen LogP contribution in [-0.2, 0) is 0 Å². The van der Waals surface area contributed by atoms with Crippen molar-refractivity contribution in [2.45, 2.75) is 52.5 Å². The van der Waals surface area contributed by atoms with Gasteiger partial charge in [0.25, 0.3) is 0 Å². The third kappa shape index (κ3) is 3.94. The third-order valence-corrected chi connectivity index (χ3v) is 4.62. The van der Waals surface area contributed by atoms with Crippen molar-refractivity contribution in [1.82, 2.24) is 10.2 Å². The predicted octanol–water partition coefficient (Wildman–Crippen LogP) is 1.86. The summed E-state index contributed by atoms with van der Waals surface area (Å²) in [5.41, 5.74) is 0.0929. The van der Waals surface area contributed by atoms with Crippen molar-refractivity contribution in [1.29, 1.82) is 0 Å². The lowest BCUT2D eigenvalue weighted by Crippen LogP contribution is -2.43. The van der Waals surface area contributed by atoms with Gasteiger partial charge in [0.05, 0.1) is 0 Å². The second-order valence-electron chi connectivity index (χ2n) is 5.42. The van der Waals surface area contributed by atoms with Crippen LogP contribution >= 0.6 is 0 Å². The van der Waals surface area contributed by atoms with E-state index in [1.807, 2.05) is 0 Å².